The minimum atomic E-state index is 0.945. The van der Waals surface area contributed by atoms with Crippen molar-refractivity contribution in [3.63, 3.8) is 0 Å². The zero-order chi connectivity index (χ0) is 12.1. The molecule has 3 nitrogen and oxygen atoms in total. The molecule has 0 aliphatic heterocycles. The molecular formula is C14H20N2O. The summed E-state index contributed by atoms with van der Waals surface area (Å²) >= 11 is 0. The Hall–Kier alpha value is -1.32. The van der Waals surface area contributed by atoms with Crippen LogP contribution in [0.15, 0.2) is 34.9 Å². The van der Waals surface area contributed by atoms with Gasteiger partial charge in [-0.25, -0.2) is 0 Å². The van der Waals surface area contributed by atoms with Crippen molar-refractivity contribution in [1.29, 1.82) is 0 Å². The maximum absolute atomic E-state index is 5.54. The topological polar surface area (TPSA) is 28.4 Å². The van der Waals surface area contributed by atoms with Gasteiger partial charge in [-0.05, 0) is 39.7 Å². The van der Waals surface area contributed by atoms with Crippen molar-refractivity contribution in [2.24, 2.45) is 0 Å². The minimum Gasteiger partial charge on any atom is -0.464 e. The van der Waals surface area contributed by atoms with Crippen LogP contribution in [0.25, 0.3) is 11.0 Å². The van der Waals surface area contributed by atoms with E-state index in [4.69, 9.17) is 4.42 Å². The Morgan fingerprint density at radius 2 is 2.12 bits per heavy atom. The standard InChI is InChI=1S/C14H20N2O/c1-15-8-5-9-16(2)10-12-11-17-14-7-4-3-6-13(12)14/h3-4,6-7,11,15H,5,8-10H2,1-2H3. The number of nitrogens with zero attached hydrogens (tertiary/aromatic N) is 1. The van der Waals surface area contributed by atoms with E-state index >= 15 is 0 Å². The number of hydrogen-bond acceptors (Lipinski definition) is 3. The third-order valence-electron chi connectivity index (χ3n) is 2.97. The highest BCUT2D eigenvalue weighted by atomic mass is 16.3. The van der Waals surface area contributed by atoms with E-state index in [9.17, 15) is 0 Å². The first-order valence-corrected chi connectivity index (χ1v) is 6.09. The van der Waals surface area contributed by atoms with Gasteiger partial charge < -0.3 is 14.6 Å². The summed E-state index contributed by atoms with van der Waals surface area (Å²) < 4.78 is 5.54. The van der Waals surface area contributed by atoms with Gasteiger partial charge in [0, 0.05) is 17.5 Å². The van der Waals surface area contributed by atoms with Gasteiger partial charge in [-0.1, -0.05) is 18.2 Å². The normalized spacial score (nSPS) is 11.5. The van der Waals surface area contributed by atoms with E-state index < -0.39 is 0 Å². The highest BCUT2D eigenvalue weighted by Gasteiger charge is 2.07. The van der Waals surface area contributed by atoms with Crippen LogP contribution in [0.3, 0.4) is 0 Å². The predicted octanol–water partition coefficient (Wildman–Crippen LogP) is 2.47. The fourth-order valence-corrected chi connectivity index (χ4v) is 2.05. The number of benzene rings is 1. The van der Waals surface area contributed by atoms with E-state index in [0.717, 1.165) is 25.2 Å². The van der Waals surface area contributed by atoms with E-state index in [-0.39, 0.29) is 0 Å². The summed E-state index contributed by atoms with van der Waals surface area (Å²) in [6, 6.07) is 8.20. The molecule has 0 radical (unpaired) electrons. The average molecular weight is 232 g/mol. The summed E-state index contributed by atoms with van der Waals surface area (Å²) in [5.74, 6) is 0. The van der Waals surface area contributed by atoms with Crippen molar-refractivity contribution >= 4 is 11.0 Å². The van der Waals surface area contributed by atoms with E-state index in [2.05, 4.69) is 29.4 Å². The van der Waals surface area contributed by atoms with Crippen LogP contribution in [0.5, 0.6) is 0 Å². The molecule has 0 unspecified atom stereocenters. The zero-order valence-corrected chi connectivity index (χ0v) is 10.6. The molecule has 0 atom stereocenters. The fraction of sp³-hybridized carbons (Fsp3) is 0.429. The second kappa shape index (κ2) is 5.84. The van der Waals surface area contributed by atoms with Gasteiger partial charge in [0.2, 0.25) is 0 Å². The molecule has 1 aromatic carbocycles. The minimum absolute atomic E-state index is 0.945. The molecule has 92 valence electrons. The van der Waals surface area contributed by atoms with Crippen LogP contribution < -0.4 is 5.32 Å². The second-order valence-electron chi connectivity index (χ2n) is 4.45. The van der Waals surface area contributed by atoms with Crippen LogP contribution in [0, 0.1) is 0 Å². The summed E-state index contributed by atoms with van der Waals surface area (Å²) in [6.45, 7) is 3.11. The lowest BCUT2D eigenvalue weighted by atomic mass is 10.1. The lowest BCUT2D eigenvalue weighted by Gasteiger charge is -2.15. The molecule has 1 heterocycles. The van der Waals surface area contributed by atoms with Crippen LogP contribution in [0.4, 0.5) is 0 Å². The summed E-state index contributed by atoms with van der Waals surface area (Å²) in [6.07, 6.45) is 3.04. The smallest absolute Gasteiger partial charge is 0.134 e. The molecule has 2 rings (SSSR count). The van der Waals surface area contributed by atoms with Crippen molar-refractivity contribution in [1.82, 2.24) is 10.2 Å². The molecule has 17 heavy (non-hydrogen) atoms. The molecule has 0 saturated heterocycles. The van der Waals surface area contributed by atoms with Gasteiger partial charge in [0.25, 0.3) is 0 Å². The maximum atomic E-state index is 5.54. The summed E-state index contributed by atoms with van der Waals surface area (Å²) in [4.78, 5) is 2.33. The highest BCUT2D eigenvalue weighted by molar-refractivity contribution is 5.80. The summed E-state index contributed by atoms with van der Waals surface area (Å²) in [5.41, 5.74) is 2.25. The maximum Gasteiger partial charge on any atom is 0.134 e. The lowest BCUT2D eigenvalue weighted by Crippen LogP contribution is -2.22. The third-order valence-corrected chi connectivity index (χ3v) is 2.97. The van der Waals surface area contributed by atoms with Gasteiger partial charge >= 0.3 is 0 Å². The van der Waals surface area contributed by atoms with Gasteiger partial charge in [0.15, 0.2) is 0 Å². The zero-order valence-electron chi connectivity index (χ0n) is 10.6. The van der Waals surface area contributed by atoms with Gasteiger partial charge in [0.05, 0.1) is 6.26 Å². The fourth-order valence-electron chi connectivity index (χ4n) is 2.05. The summed E-state index contributed by atoms with van der Waals surface area (Å²) in [7, 11) is 4.14. The van der Waals surface area contributed by atoms with Gasteiger partial charge in [-0.15, -0.1) is 0 Å². The monoisotopic (exact) mass is 232 g/mol. The number of hydrogen-bond donors (Lipinski definition) is 1. The van der Waals surface area contributed by atoms with Crippen LogP contribution in [0.2, 0.25) is 0 Å². The van der Waals surface area contributed by atoms with Gasteiger partial charge in [-0.3, -0.25) is 0 Å². The molecule has 0 amide bonds. The molecule has 0 saturated carbocycles. The van der Waals surface area contributed by atoms with Crippen molar-refractivity contribution in [3.05, 3.63) is 36.1 Å². The number of fused-ring (bicyclic) bond motifs is 1. The number of nitrogens with one attached hydrogen (secondary N) is 1. The Morgan fingerprint density at radius 3 is 2.94 bits per heavy atom. The Bertz CT molecular complexity index is 464. The molecule has 3 heteroatoms. The molecule has 0 bridgehead atoms. The van der Waals surface area contributed by atoms with E-state index in [0.29, 0.717) is 0 Å². The lowest BCUT2D eigenvalue weighted by molar-refractivity contribution is 0.321. The van der Waals surface area contributed by atoms with Crippen LogP contribution in [0.1, 0.15) is 12.0 Å². The van der Waals surface area contributed by atoms with Crippen molar-refractivity contribution < 1.29 is 4.42 Å². The Morgan fingerprint density at radius 1 is 1.29 bits per heavy atom. The first-order valence-electron chi connectivity index (χ1n) is 6.09. The number of furan rings is 1. The Balaban J connectivity index is 1.98. The quantitative estimate of drug-likeness (QED) is 0.776. The second-order valence-corrected chi connectivity index (χ2v) is 4.45. The summed E-state index contributed by atoms with van der Waals surface area (Å²) in [5, 5.41) is 4.40. The average Bonchev–Trinajstić information content (AvgIpc) is 2.73. The first-order chi connectivity index (χ1) is 8.31. The molecule has 1 N–H and O–H groups in total. The van der Waals surface area contributed by atoms with Crippen molar-refractivity contribution in [2.45, 2.75) is 13.0 Å². The largest absolute Gasteiger partial charge is 0.464 e. The Kier molecular flexibility index (Phi) is 4.18. The van der Waals surface area contributed by atoms with E-state index in [1.165, 1.54) is 17.4 Å². The molecule has 0 aliphatic rings. The predicted molar refractivity (Wildman–Crippen MR) is 71.1 cm³/mol. The first kappa shape index (κ1) is 12.1. The van der Waals surface area contributed by atoms with Crippen molar-refractivity contribution in [2.75, 3.05) is 27.2 Å². The highest BCUT2D eigenvalue weighted by Crippen LogP contribution is 2.21. The van der Waals surface area contributed by atoms with Crippen molar-refractivity contribution in [3.8, 4) is 0 Å². The Labute approximate surface area is 102 Å². The van der Waals surface area contributed by atoms with E-state index in [1.807, 2.05) is 25.4 Å². The molecule has 0 spiro atoms. The van der Waals surface area contributed by atoms with Gasteiger partial charge in [0.1, 0.15) is 5.58 Å². The van der Waals surface area contributed by atoms with Crippen LogP contribution in [-0.2, 0) is 6.54 Å². The van der Waals surface area contributed by atoms with Gasteiger partial charge in [-0.2, -0.15) is 0 Å². The molecule has 0 aliphatic carbocycles. The molecule has 1 aromatic heterocycles. The van der Waals surface area contributed by atoms with E-state index in [1.54, 1.807) is 0 Å². The molecule has 0 fully saturated rings. The van der Waals surface area contributed by atoms with Crippen LogP contribution >= 0.6 is 0 Å². The number of rotatable bonds is 6. The number of para-hydroxylation sites is 1. The molecular weight excluding hydrogens is 212 g/mol. The molecule has 2 aromatic rings. The SMILES string of the molecule is CNCCCN(C)Cc1coc2ccccc12. The van der Waals surface area contributed by atoms with Crippen LogP contribution in [-0.4, -0.2) is 32.1 Å². The third kappa shape index (κ3) is 3.08.